The normalized spacial score (nSPS) is 45.4. The maximum Gasteiger partial charge on any atom is 0.0717 e. The Morgan fingerprint density at radius 2 is 2.20 bits per heavy atom. The molecule has 0 nitrogen and oxygen atoms in total. The van der Waals surface area contributed by atoms with E-state index >= 15 is 0 Å². The van der Waals surface area contributed by atoms with E-state index in [1.54, 1.807) is 0 Å². The van der Waals surface area contributed by atoms with Gasteiger partial charge in [0.15, 0.2) is 0 Å². The molecule has 2 bridgehead atoms. The molecule has 2 heteroatoms. The third kappa shape index (κ3) is 0.981. The molecule has 10 heavy (non-hydrogen) atoms. The summed E-state index contributed by atoms with van der Waals surface area (Å²) in [5, 5.41) is 1.01. The highest BCUT2D eigenvalue weighted by atomic mass is 35.5. The molecular formula is C8H10Cl2. The van der Waals surface area contributed by atoms with Crippen molar-refractivity contribution in [1.82, 2.24) is 0 Å². The standard InChI is InChI=1S/C8H10Cl2/c9-7-4-5-1-2-6(3-5)8(7)10/h4-6,8H,1-3H2/t5-,6+,8+/m0/s1. The van der Waals surface area contributed by atoms with Gasteiger partial charge < -0.3 is 0 Å². The fraction of sp³-hybridized carbons (Fsp3) is 0.750. The zero-order valence-electron chi connectivity index (χ0n) is 5.69. The van der Waals surface area contributed by atoms with Crippen molar-refractivity contribution < 1.29 is 0 Å². The Kier molecular flexibility index (Phi) is 1.69. The Balaban J connectivity index is 2.25. The molecule has 2 aliphatic rings. The van der Waals surface area contributed by atoms with Crippen molar-refractivity contribution in [2.75, 3.05) is 0 Å². The van der Waals surface area contributed by atoms with Crippen LogP contribution in [0.15, 0.2) is 11.1 Å². The molecule has 0 aromatic rings. The van der Waals surface area contributed by atoms with E-state index in [0.29, 0.717) is 5.92 Å². The minimum absolute atomic E-state index is 0.125. The van der Waals surface area contributed by atoms with Crippen LogP contribution in [-0.2, 0) is 0 Å². The van der Waals surface area contributed by atoms with E-state index in [0.717, 1.165) is 11.0 Å². The van der Waals surface area contributed by atoms with E-state index in [2.05, 4.69) is 6.08 Å². The lowest BCUT2D eigenvalue weighted by Crippen LogP contribution is -2.15. The van der Waals surface area contributed by atoms with Crippen LogP contribution in [0.3, 0.4) is 0 Å². The van der Waals surface area contributed by atoms with Gasteiger partial charge in [0, 0.05) is 5.03 Å². The van der Waals surface area contributed by atoms with Gasteiger partial charge in [0.2, 0.25) is 0 Å². The summed E-state index contributed by atoms with van der Waals surface area (Å²) >= 11 is 12.0. The molecule has 2 rings (SSSR count). The van der Waals surface area contributed by atoms with Crippen LogP contribution in [0, 0.1) is 11.8 Å². The largest absolute Gasteiger partial charge is 0.117 e. The molecule has 0 heterocycles. The molecule has 0 amide bonds. The minimum atomic E-state index is 0.125. The van der Waals surface area contributed by atoms with Crippen LogP contribution < -0.4 is 0 Å². The van der Waals surface area contributed by atoms with Gasteiger partial charge >= 0.3 is 0 Å². The van der Waals surface area contributed by atoms with Gasteiger partial charge in [0.1, 0.15) is 0 Å². The van der Waals surface area contributed by atoms with Gasteiger partial charge in [-0.3, -0.25) is 0 Å². The second kappa shape index (κ2) is 2.42. The maximum absolute atomic E-state index is 6.06. The molecule has 0 saturated heterocycles. The quantitative estimate of drug-likeness (QED) is 0.498. The summed E-state index contributed by atoms with van der Waals surface area (Å²) in [4.78, 5) is 0. The molecule has 0 N–H and O–H groups in total. The van der Waals surface area contributed by atoms with Crippen LogP contribution in [0.1, 0.15) is 19.3 Å². The van der Waals surface area contributed by atoms with E-state index in [1.165, 1.54) is 19.3 Å². The summed E-state index contributed by atoms with van der Waals surface area (Å²) in [5.41, 5.74) is 0. The van der Waals surface area contributed by atoms with Crippen molar-refractivity contribution in [3.63, 3.8) is 0 Å². The van der Waals surface area contributed by atoms with Gasteiger partial charge in [-0.1, -0.05) is 17.7 Å². The van der Waals surface area contributed by atoms with Crippen molar-refractivity contribution in [3.8, 4) is 0 Å². The number of hydrogen-bond acceptors (Lipinski definition) is 0. The summed E-state index contributed by atoms with van der Waals surface area (Å²) in [6.07, 6.45) is 5.97. The molecule has 56 valence electrons. The highest BCUT2D eigenvalue weighted by Crippen LogP contribution is 2.44. The first-order valence-corrected chi connectivity index (χ1v) is 4.60. The summed E-state index contributed by atoms with van der Waals surface area (Å²) in [6.45, 7) is 0. The smallest absolute Gasteiger partial charge is 0.0717 e. The predicted octanol–water partition coefficient (Wildman–Crippen LogP) is 3.15. The van der Waals surface area contributed by atoms with Gasteiger partial charge in [-0.2, -0.15) is 0 Å². The van der Waals surface area contributed by atoms with Crippen LogP contribution in [0.5, 0.6) is 0 Å². The van der Waals surface area contributed by atoms with Gasteiger partial charge in [-0.15, -0.1) is 11.6 Å². The SMILES string of the molecule is ClC1=C[C@H]2CC[C@H](C2)[C@H]1Cl. The lowest BCUT2D eigenvalue weighted by molar-refractivity contribution is 0.520. The average molecular weight is 177 g/mol. The Labute approximate surface area is 71.2 Å². The lowest BCUT2D eigenvalue weighted by atomic mass is 9.95. The highest BCUT2D eigenvalue weighted by Gasteiger charge is 2.34. The van der Waals surface area contributed by atoms with Gasteiger partial charge in [0.25, 0.3) is 0 Å². The Hall–Kier alpha value is 0.320. The Morgan fingerprint density at radius 3 is 3.00 bits per heavy atom. The van der Waals surface area contributed by atoms with Crippen molar-refractivity contribution in [1.29, 1.82) is 0 Å². The van der Waals surface area contributed by atoms with Crippen LogP contribution in [-0.4, -0.2) is 5.38 Å². The molecule has 1 fully saturated rings. The molecule has 0 aliphatic heterocycles. The molecule has 3 atom stereocenters. The van der Waals surface area contributed by atoms with Crippen LogP contribution >= 0.6 is 23.2 Å². The predicted molar refractivity (Wildman–Crippen MR) is 44.4 cm³/mol. The van der Waals surface area contributed by atoms with E-state index in [4.69, 9.17) is 23.2 Å². The average Bonchev–Trinajstić information content (AvgIpc) is 2.29. The molecule has 0 spiro atoms. The van der Waals surface area contributed by atoms with Crippen molar-refractivity contribution in [2.45, 2.75) is 24.6 Å². The number of fused-ring (bicyclic) bond motifs is 2. The molecule has 0 radical (unpaired) electrons. The first kappa shape index (κ1) is 7.00. The Bertz CT molecular complexity index is 174. The zero-order chi connectivity index (χ0) is 7.14. The third-order valence-electron chi connectivity index (χ3n) is 2.59. The fourth-order valence-electron chi connectivity index (χ4n) is 2.01. The number of halogens is 2. The summed E-state index contributed by atoms with van der Waals surface area (Å²) in [5.74, 6) is 1.41. The Morgan fingerprint density at radius 1 is 1.40 bits per heavy atom. The van der Waals surface area contributed by atoms with Crippen LogP contribution in [0.4, 0.5) is 0 Å². The van der Waals surface area contributed by atoms with Gasteiger partial charge in [-0.05, 0) is 31.1 Å². The van der Waals surface area contributed by atoms with E-state index < -0.39 is 0 Å². The summed E-state index contributed by atoms with van der Waals surface area (Å²) in [7, 11) is 0. The minimum Gasteiger partial charge on any atom is -0.117 e. The van der Waals surface area contributed by atoms with Crippen molar-refractivity contribution >= 4 is 23.2 Å². The van der Waals surface area contributed by atoms with E-state index in [1.807, 2.05) is 0 Å². The third-order valence-corrected chi connectivity index (χ3v) is 3.65. The maximum atomic E-state index is 6.06. The zero-order valence-corrected chi connectivity index (χ0v) is 7.20. The summed E-state index contributed by atoms with van der Waals surface area (Å²) < 4.78 is 0. The topological polar surface area (TPSA) is 0 Å². The second-order valence-electron chi connectivity index (χ2n) is 3.29. The molecular weight excluding hydrogens is 167 g/mol. The molecule has 0 aromatic heterocycles. The van der Waals surface area contributed by atoms with Crippen LogP contribution in [0.2, 0.25) is 0 Å². The molecule has 2 aliphatic carbocycles. The van der Waals surface area contributed by atoms with Crippen molar-refractivity contribution in [2.24, 2.45) is 11.8 Å². The van der Waals surface area contributed by atoms with Gasteiger partial charge in [-0.25, -0.2) is 0 Å². The monoisotopic (exact) mass is 176 g/mol. The summed E-state index contributed by atoms with van der Waals surface area (Å²) in [6, 6.07) is 0. The number of rotatable bonds is 0. The molecule has 1 saturated carbocycles. The van der Waals surface area contributed by atoms with E-state index in [9.17, 15) is 0 Å². The number of alkyl halides is 1. The second-order valence-corrected chi connectivity index (χ2v) is 4.19. The first-order valence-electron chi connectivity index (χ1n) is 3.78. The highest BCUT2D eigenvalue weighted by molar-refractivity contribution is 6.37. The number of hydrogen-bond donors (Lipinski definition) is 0. The molecule has 0 aromatic carbocycles. The van der Waals surface area contributed by atoms with Crippen molar-refractivity contribution in [3.05, 3.63) is 11.1 Å². The fourth-order valence-corrected chi connectivity index (χ4v) is 2.67. The first-order chi connectivity index (χ1) is 4.77. The lowest BCUT2D eigenvalue weighted by Gasteiger charge is -2.20. The number of allylic oxidation sites excluding steroid dienone is 2. The van der Waals surface area contributed by atoms with E-state index in [-0.39, 0.29) is 5.38 Å². The molecule has 0 unspecified atom stereocenters. The van der Waals surface area contributed by atoms with Crippen LogP contribution in [0.25, 0.3) is 0 Å². The van der Waals surface area contributed by atoms with Gasteiger partial charge in [0.05, 0.1) is 5.38 Å².